The van der Waals surface area contributed by atoms with Crippen molar-refractivity contribution in [1.29, 1.82) is 0 Å². The summed E-state index contributed by atoms with van der Waals surface area (Å²) in [5.41, 5.74) is 7.49. The lowest BCUT2D eigenvalue weighted by Crippen LogP contribution is -2.10. The lowest BCUT2D eigenvalue weighted by Gasteiger charge is -2.12. The smallest absolute Gasteiger partial charge is 0.240 e. The van der Waals surface area contributed by atoms with Crippen LogP contribution in [0, 0.1) is 0 Å². The van der Waals surface area contributed by atoms with Gasteiger partial charge in [0.05, 0.1) is 22.1 Å². The molecule has 0 radical (unpaired) electrons. The summed E-state index contributed by atoms with van der Waals surface area (Å²) in [6, 6.07) is 52.6. The van der Waals surface area contributed by atoms with Crippen molar-refractivity contribution in [2.24, 2.45) is 0 Å². The number of rotatable bonds is 4. The van der Waals surface area contributed by atoms with Gasteiger partial charge in [-0.15, -0.1) is 0 Å². The maximum Gasteiger partial charge on any atom is 0.240 e. The first-order valence-electron chi connectivity index (χ1n) is 14.7. The number of hydrogen-bond acceptors (Lipinski definition) is 3. The molecule has 0 aliphatic heterocycles. The molecule has 0 bridgehead atoms. The number of fused-ring (bicyclic) bond motifs is 6. The van der Waals surface area contributed by atoms with Crippen molar-refractivity contribution in [3.05, 3.63) is 152 Å². The average Bonchev–Trinajstić information content (AvgIpc) is 3.62. The van der Waals surface area contributed by atoms with Gasteiger partial charge < -0.3 is 0 Å². The lowest BCUT2D eigenvalue weighted by molar-refractivity contribution is 0.893. The van der Waals surface area contributed by atoms with Gasteiger partial charge in [-0.2, -0.15) is 15.0 Å². The summed E-state index contributed by atoms with van der Waals surface area (Å²) in [7, 11) is 0. The van der Waals surface area contributed by atoms with Crippen LogP contribution < -0.4 is 0 Å². The van der Waals surface area contributed by atoms with Gasteiger partial charge in [0.25, 0.3) is 0 Å². The normalized spacial score (nSPS) is 11.6. The quantitative estimate of drug-likeness (QED) is 0.214. The molecular weight excluding hydrogens is 538 g/mol. The van der Waals surface area contributed by atoms with Gasteiger partial charge in [0, 0.05) is 27.1 Å². The van der Waals surface area contributed by atoms with Gasteiger partial charge in [-0.3, -0.25) is 9.13 Å². The molecule has 5 heteroatoms. The van der Waals surface area contributed by atoms with E-state index in [-0.39, 0.29) is 0 Å². The summed E-state index contributed by atoms with van der Waals surface area (Å²) in [5, 5.41) is 4.66. The van der Waals surface area contributed by atoms with Gasteiger partial charge in [-0.1, -0.05) is 127 Å². The van der Waals surface area contributed by atoms with Gasteiger partial charge in [-0.05, 0) is 35.4 Å². The second-order valence-electron chi connectivity index (χ2n) is 10.9. The number of benzene rings is 6. The Kier molecular flexibility index (Phi) is 5.43. The summed E-state index contributed by atoms with van der Waals surface area (Å²) in [6.45, 7) is 0. The third-order valence-corrected chi connectivity index (χ3v) is 8.41. The predicted molar refractivity (Wildman–Crippen MR) is 179 cm³/mol. The van der Waals surface area contributed by atoms with Crippen molar-refractivity contribution >= 4 is 43.6 Å². The van der Waals surface area contributed by atoms with Crippen molar-refractivity contribution < 1.29 is 0 Å². The van der Waals surface area contributed by atoms with Crippen molar-refractivity contribution in [1.82, 2.24) is 24.1 Å². The van der Waals surface area contributed by atoms with E-state index in [1.807, 2.05) is 30.3 Å². The zero-order chi connectivity index (χ0) is 29.0. The van der Waals surface area contributed by atoms with E-state index in [2.05, 4.69) is 130 Å². The molecule has 5 nitrogen and oxygen atoms in total. The number of hydrogen-bond donors (Lipinski definition) is 0. The Labute approximate surface area is 253 Å². The molecule has 206 valence electrons. The molecule has 3 aromatic heterocycles. The largest absolute Gasteiger partial charge is 0.278 e. The summed E-state index contributed by atoms with van der Waals surface area (Å²) < 4.78 is 4.34. The highest BCUT2D eigenvalue weighted by Gasteiger charge is 2.21. The van der Waals surface area contributed by atoms with E-state index in [4.69, 9.17) is 15.0 Å². The van der Waals surface area contributed by atoms with E-state index >= 15 is 0 Å². The van der Waals surface area contributed by atoms with Crippen LogP contribution in [0.4, 0.5) is 0 Å². The van der Waals surface area contributed by atoms with Crippen LogP contribution in [0.25, 0.3) is 78.0 Å². The van der Waals surface area contributed by atoms with Gasteiger partial charge in [0.2, 0.25) is 11.9 Å². The molecule has 3 heterocycles. The zero-order valence-corrected chi connectivity index (χ0v) is 23.7. The monoisotopic (exact) mass is 563 g/mol. The summed E-state index contributed by atoms with van der Waals surface area (Å²) in [6.07, 6.45) is 0. The molecule has 0 amide bonds. The lowest BCUT2D eigenvalue weighted by atomic mass is 9.99. The second kappa shape index (κ2) is 9.75. The van der Waals surface area contributed by atoms with Gasteiger partial charge in [0.1, 0.15) is 0 Å². The van der Waals surface area contributed by atoms with Crippen LogP contribution >= 0.6 is 0 Å². The van der Waals surface area contributed by atoms with Crippen LogP contribution in [0.15, 0.2) is 152 Å². The van der Waals surface area contributed by atoms with E-state index in [1.54, 1.807) is 0 Å². The third-order valence-electron chi connectivity index (χ3n) is 8.41. The van der Waals surface area contributed by atoms with Crippen LogP contribution in [0.1, 0.15) is 0 Å². The van der Waals surface area contributed by atoms with Crippen LogP contribution in [-0.2, 0) is 0 Å². The predicted octanol–water partition coefficient (Wildman–Crippen LogP) is 9.40. The molecule has 44 heavy (non-hydrogen) atoms. The molecule has 0 saturated carbocycles. The molecule has 0 saturated heterocycles. The topological polar surface area (TPSA) is 48.5 Å². The summed E-state index contributed by atoms with van der Waals surface area (Å²) in [5.74, 6) is 1.78. The van der Waals surface area contributed by atoms with Crippen molar-refractivity contribution in [3.63, 3.8) is 0 Å². The molecule has 0 spiro atoms. The Hall–Kier alpha value is -6.07. The SMILES string of the molecule is c1ccc(-c2nc(-n3c4ccccc4c4ccccc43)nc(-n3c4ccccc4c4c(-c5ccccc5)cccc43)n2)cc1. The highest BCUT2D eigenvalue weighted by atomic mass is 15.3. The molecule has 0 aliphatic carbocycles. The fourth-order valence-electron chi connectivity index (χ4n) is 6.50. The number of para-hydroxylation sites is 3. The average molecular weight is 564 g/mol. The molecule has 0 aliphatic rings. The van der Waals surface area contributed by atoms with E-state index < -0.39 is 0 Å². The molecule has 0 unspecified atom stereocenters. The van der Waals surface area contributed by atoms with E-state index in [0.29, 0.717) is 17.7 Å². The summed E-state index contributed by atoms with van der Waals surface area (Å²) in [4.78, 5) is 15.5. The minimum absolute atomic E-state index is 0.576. The van der Waals surface area contributed by atoms with Gasteiger partial charge in [0.15, 0.2) is 5.82 Å². The molecule has 0 fully saturated rings. The first kappa shape index (κ1) is 24.5. The van der Waals surface area contributed by atoms with Gasteiger partial charge >= 0.3 is 0 Å². The van der Waals surface area contributed by atoms with E-state index in [9.17, 15) is 0 Å². The minimum atomic E-state index is 0.576. The van der Waals surface area contributed by atoms with Crippen LogP contribution in [0.3, 0.4) is 0 Å². The standard InChI is InChI=1S/C39H25N5/c1-3-14-26(15-4-1)28-21-13-25-35-36(28)31-20-9-12-24-34(31)44(35)39-41-37(27-16-5-2-6-17-27)40-38(42-39)43-32-22-10-7-18-29(32)30-19-8-11-23-33(30)43/h1-25H. The zero-order valence-electron chi connectivity index (χ0n) is 23.7. The number of aromatic nitrogens is 5. The van der Waals surface area contributed by atoms with E-state index in [1.165, 1.54) is 16.5 Å². The third kappa shape index (κ3) is 3.69. The first-order chi connectivity index (χ1) is 21.8. The number of nitrogens with zero attached hydrogens (tertiary/aromatic N) is 5. The first-order valence-corrected chi connectivity index (χ1v) is 14.7. The minimum Gasteiger partial charge on any atom is -0.278 e. The van der Waals surface area contributed by atoms with Crippen molar-refractivity contribution in [2.75, 3.05) is 0 Å². The van der Waals surface area contributed by atoms with Crippen LogP contribution in [-0.4, -0.2) is 24.1 Å². The van der Waals surface area contributed by atoms with Crippen LogP contribution in [0.5, 0.6) is 0 Å². The Bertz CT molecular complexity index is 2440. The molecule has 6 aromatic carbocycles. The Morgan fingerprint density at radius 2 is 0.795 bits per heavy atom. The second-order valence-corrected chi connectivity index (χ2v) is 10.9. The maximum absolute atomic E-state index is 5.25. The highest BCUT2D eigenvalue weighted by molar-refractivity contribution is 6.15. The Morgan fingerprint density at radius 3 is 1.41 bits per heavy atom. The Morgan fingerprint density at radius 1 is 0.341 bits per heavy atom. The van der Waals surface area contributed by atoms with E-state index in [0.717, 1.165) is 43.8 Å². The molecule has 9 rings (SSSR count). The molecule has 0 N–H and O–H groups in total. The van der Waals surface area contributed by atoms with Crippen LogP contribution in [0.2, 0.25) is 0 Å². The van der Waals surface area contributed by atoms with Gasteiger partial charge in [-0.25, -0.2) is 0 Å². The maximum atomic E-state index is 5.25. The molecule has 0 atom stereocenters. The van der Waals surface area contributed by atoms with Crippen molar-refractivity contribution in [2.45, 2.75) is 0 Å². The molecular formula is C39H25N5. The molecule has 9 aromatic rings. The summed E-state index contributed by atoms with van der Waals surface area (Å²) >= 11 is 0. The fraction of sp³-hybridized carbons (Fsp3) is 0. The van der Waals surface area contributed by atoms with Crippen molar-refractivity contribution in [3.8, 4) is 34.4 Å². The highest BCUT2D eigenvalue weighted by Crippen LogP contribution is 2.38. The Balaban J connectivity index is 1.40. The fourth-order valence-corrected chi connectivity index (χ4v) is 6.50.